The summed E-state index contributed by atoms with van der Waals surface area (Å²) in [6.07, 6.45) is -0.581. The SMILES string of the molecule is COC(=O)C(Cc1ccc(NS(=O)(=O)c2ccc(C)cc2)cc1)NC(=O)OC(C)(C)C. The van der Waals surface area contributed by atoms with Gasteiger partial charge in [-0.3, -0.25) is 4.72 Å². The lowest BCUT2D eigenvalue weighted by atomic mass is 10.1. The van der Waals surface area contributed by atoms with Crippen LogP contribution in [0.4, 0.5) is 10.5 Å². The lowest BCUT2D eigenvalue weighted by Gasteiger charge is -2.22. The van der Waals surface area contributed by atoms with Crippen LogP contribution in [0.2, 0.25) is 0 Å². The molecular formula is C22H28N2O6S. The molecule has 168 valence electrons. The van der Waals surface area contributed by atoms with Gasteiger partial charge in [0.05, 0.1) is 12.0 Å². The Morgan fingerprint density at radius 1 is 1.00 bits per heavy atom. The van der Waals surface area contributed by atoms with E-state index in [1.165, 1.54) is 19.2 Å². The number of carbonyl (C=O) groups excluding carboxylic acids is 2. The second-order valence-corrected chi connectivity index (χ2v) is 9.72. The molecule has 0 saturated heterocycles. The average molecular weight is 449 g/mol. The molecule has 2 rings (SSSR count). The number of sulfonamides is 1. The number of carbonyl (C=O) groups is 2. The zero-order valence-corrected chi connectivity index (χ0v) is 19.1. The van der Waals surface area contributed by atoms with Gasteiger partial charge in [-0.25, -0.2) is 18.0 Å². The van der Waals surface area contributed by atoms with Gasteiger partial charge in [0.15, 0.2) is 0 Å². The summed E-state index contributed by atoms with van der Waals surface area (Å²) < 4.78 is 37.5. The van der Waals surface area contributed by atoms with Crippen molar-refractivity contribution >= 4 is 27.8 Å². The van der Waals surface area contributed by atoms with Gasteiger partial charge in [-0.2, -0.15) is 0 Å². The van der Waals surface area contributed by atoms with Gasteiger partial charge in [0.2, 0.25) is 0 Å². The third-order valence-corrected chi connectivity index (χ3v) is 5.55. The first-order valence-corrected chi connectivity index (χ1v) is 11.1. The number of nitrogens with one attached hydrogen (secondary N) is 2. The second kappa shape index (κ2) is 9.82. The second-order valence-electron chi connectivity index (χ2n) is 8.04. The Bertz CT molecular complexity index is 1010. The van der Waals surface area contributed by atoms with Crippen LogP contribution in [0.25, 0.3) is 0 Å². The molecule has 0 heterocycles. The topological polar surface area (TPSA) is 111 Å². The van der Waals surface area contributed by atoms with Gasteiger partial charge < -0.3 is 14.8 Å². The van der Waals surface area contributed by atoms with Crippen LogP contribution in [0, 0.1) is 6.92 Å². The van der Waals surface area contributed by atoms with E-state index in [2.05, 4.69) is 10.0 Å². The number of aryl methyl sites for hydroxylation is 1. The number of anilines is 1. The van der Waals surface area contributed by atoms with Crippen molar-refractivity contribution < 1.29 is 27.5 Å². The maximum atomic E-state index is 12.5. The Kier molecular flexibility index (Phi) is 7.67. The highest BCUT2D eigenvalue weighted by Gasteiger charge is 2.25. The van der Waals surface area contributed by atoms with E-state index in [4.69, 9.17) is 9.47 Å². The first-order valence-electron chi connectivity index (χ1n) is 9.65. The predicted octanol–water partition coefficient (Wildman–Crippen LogP) is 3.40. The van der Waals surface area contributed by atoms with E-state index < -0.39 is 33.7 Å². The summed E-state index contributed by atoms with van der Waals surface area (Å²) in [6, 6.07) is 12.1. The molecule has 0 spiro atoms. The predicted molar refractivity (Wildman–Crippen MR) is 117 cm³/mol. The Morgan fingerprint density at radius 2 is 1.58 bits per heavy atom. The van der Waals surface area contributed by atoms with Crippen molar-refractivity contribution in [3.05, 3.63) is 59.7 Å². The minimum Gasteiger partial charge on any atom is -0.467 e. The monoisotopic (exact) mass is 448 g/mol. The number of alkyl carbamates (subject to hydrolysis) is 1. The summed E-state index contributed by atoms with van der Waals surface area (Å²) in [6.45, 7) is 7.03. The Morgan fingerprint density at radius 3 is 2.10 bits per heavy atom. The van der Waals surface area contributed by atoms with Crippen molar-refractivity contribution in [2.75, 3.05) is 11.8 Å². The number of rotatable bonds is 7. The van der Waals surface area contributed by atoms with Gasteiger partial charge >= 0.3 is 12.1 Å². The van der Waals surface area contributed by atoms with E-state index in [0.29, 0.717) is 11.3 Å². The van der Waals surface area contributed by atoms with E-state index >= 15 is 0 Å². The molecule has 2 aromatic rings. The van der Waals surface area contributed by atoms with Crippen molar-refractivity contribution in [2.45, 2.75) is 50.7 Å². The van der Waals surface area contributed by atoms with E-state index in [9.17, 15) is 18.0 Å². The molecule has 0 aliphatic carbocycles. The van der Waals surface area contributed by atoms with E-state index in [-0.39, 0.29) is 11.3 Å². The van der Waals surface area contributed by atoms with E-state index in [1.807, 2.05) is 6.92 Å². The fourth-order valence-electron chi connectivity index (χ4n) is 2.66. The van der Waals surface area contributed by atoms with Gasteiger partial charge in [-0.05, 0) is 57.5 Å². The standard InChI is InChI=1S/C22H28N2O6S/c1-15-6-12-18(13-7-15)31(27,28)24-17-10-8-16(9-11-17)14-19(20(25)29-5)23-21(26)30-22(2,3)4/h6-13,19,24H,14H2,1-5H3,(H,23,26). The first kappa shape index (κ1) is 24.2. The van der Waals surface area contributed by atoms with Crippen molar-refractivity contribution in [1.82, 2.24) is 5.32 Å². The molecule has 0 fully saturated rings. The van der Waals surface area contributed by atoms with Crippen LogP contribution in [0.1, 0.15) is 31.9 Å². The van der Waals surface area contributed by atoms with E-state index in [0.717, 1.165) is 5.56 Å². The number of methoxy groups -OCH3 is 1. The summed E-state index contributed by atoms with van der Waals surface area (Å²) in [5.74, 6) is -0.616. The summed E-state index contributed by atoms with van der Waals surface area (Å²) in [5.41, 5.74) is 1.33. The molecule has 0 aliphatic rings. The number of esters is 1. The summed E-state index contributed by atoms with van der Waals surface area (Å²) in [5, 5.41) is 2.50. The molecule has 2 N–H and O–H groups in total. The smallest absolute Gasteiger partial charge is 0.408 e. The van der Waals surface area contributed by atoms with Crippen LogP contribution >= 0.6 is 0 Å². The first-order chi connectivity index (χ1) is 14.4. The fourth-order valence-corrected chi connectivity index (χ4v) is 3.72. The van der Waals surface area contributed by atoms with Crippen molar-refractivity contribution in [3.63, 3.8) is 0 Å². The van der Waals surface area contributed by atoms with Crippen LogP contribution in [0.15, 0.2) is 53.4 Å². The van der Waals surface area contributed by atoms with Crippen LogP contribution < -0.4 is 10.0 Å². The number of benzene rings is 2. The molecule has 1 amide bonds. The Labute approximate surface area is 183 Å². The van der Waals surface area contributed by atoms with Gasteiger partial charge in [0.1, 0.15) is 11.6 Å². The zero-order chi connectivity index (χ0) is 23.2. The highest BCUT2D eigenvalue weighted by Crippen LogP contribution is 2.18. The summed E-state index contributed by atoms with van der Waals surface area (Å²) >= 11 is 0. The van der Waals surface area contributed by atoms with Gasteiger partial charge in [0, 0.05) is 12.1 Å². The van der Waals surface area contributed by atoms with Crippen molar-refractivity contribution in [2.24, 2.45) is 0 Å². The molecule has 0 saturated carbocycles. The molecule has 2 aromatic carbocycles. The quantitative estimate of drug-likeness (QED) is 0.628. The maximum Gasteiger partial charge on any atom is 0.408 e. The average Bonchev–Trinajstić information content (AvgIpc) is 2.67. The van der Waals surface area contributed by atoms with Gasteiger partial charge in [0.25, 0.3) is 10.0 Å². The molecule has 1 atom stereocenters. The molecule has 31 heavy (non-hydrogen) atoms. The molecule has 0 bridgehead atoms. The van der Waals surface area contributed by atoms with E-state index in [1.54, 1.807) is 57.2 Å². The molecule has 9 heteroatoms. The van der Waals surface area contributed by atoms with Gasteiger partial charge in [-0.15, -0.1) is 0 Å². The lowest BCUT2D eigenvalue weighted by molar-refractivity contribution is -0.143. The molecule has 0 radical (unpaired) electrons. The van der Waals surface area contributed by atoms with Gasteiger partial charge in [-0.1, -0.05) is 29.8 Å². The zero-order valence-electron chi connectivity index (χ0n) is 18.3. The van der Waals surface area contributed by atoms with Crippen LogP contribution in [0.5, 0.6) is 0 Å². The summed E-state index contributed by atoms with van der Waals surface area (Å²) in [7, 11) is -2.48. The third kappa shape index (κ3) is 7.60. The normalized spacial score (nSPS) is 12.5. The van der Waals surface area contributed by atoms with Crippen molar-refractivity contribution in [3.8, 4) is 0 Å². The van der Waals surface area contributed by atoms with Crippen molar-refractivity contribution in [1.29, 1.82) is 0 Å². The molecule has 1 unspecified atom stereocenters. The maximum absolute atomic E-state index is 12.5. The minimum absolute atomic E-state index is 0.150. The number of hydrogen-bond donors (Lipinski definition) is 2. The third-order valence-electron chi connectivity index (χ3n) is 4.15. The molecular weight excluding hydrogens is 420 g/mol. The number of hydrogen-bond acceptors (Lipinski definition) is 6. The Balaban J connectivity index is 2.08. The number of ether oxygens (including phenoxy) is 2. The highest BCUT2D eigenvalue weighted by atomic mass is 32.2. The summed E-state index contributed by atoms with van der Waals surface area (Å²) in [4.78, 5) is 24.3. The fraction of sp³-hybridized carbons (Fsp3) is 0.364. The van der Waals surface area contributed by atoms with Crippen LogP contribution in [0.3, 0.4) is 0 Å². The Hall–Kier alpha value is -3.07. The lowest BCUT2D eigenvalue weighted by Crippen LogP contribution is -2.45. The largest absolute Gasteiger partial charge is 0.467 e. The number of amides is 1. The minimum atomic E-state index is -3.71. The molecule has 0 aromatic heterocycles. The highest BCUT2D eigenvalue weighted by molar-refractivity contribution is 7.92. The molecule has 0 aliphatic heterocycles. The molecule has 8 nitrogen and oxygen atoms in total. The van der Waals surface area contributed by atoms with Crippen LogP contribution in [-0.2, 0) is 30.7 Å². The van der Waals surface area contributed by atoms with Crippen LogP contribution in [-0.4, -0.2) is 39.2 Å².